The number of rotatable bonds is 6. The minimum atomic E-state index is 1.06. The van der Waals surface area contributed by atoms with Crippen LogP contribution in [0, 0.1) is 0 Å². The van der Waals surface area contributed by atoms with Crippen LogP contribution in [0.3, 0.4) is 0 Å². The molecule has 390 valence electrons. The third-order valence-electron chi connectivity index (χ3n) is 18.1. The zero-order valence-corrected chi connectivity index (χ0v) is 45.4. The van der Waals surface area contributed by atoms with E-state index in [9.17, 15) is 0 Å². The molecule has 84 heavy (non-hydrogen) atoms. The molecule has 0 spiro atoms. The number of hydrogen-bond acceptors (Lipinski definition) is 0. The van der Waals surface area contributed by atoms with Crippen LogP contribution in [0.15, 0.2) is 291 Å². The summed E-state index contributed by atoms with van der Waals surface area (Å²) in [4.78, 5) is 0. The average molecular weight is 1070 g/mol. The topological polar surface area (TPSA) is 29.6 Å². The van der Waals surface area contributed by atoms with Gasteiger partial charge in [-0.1, -0.05) is 188 Å². The van der Waals surface area contributed by atoms with Gasteiger partial charge in [0.25, 0.3) is 0 Å². The number of nitrogens with zero attached hydrogens (tertiary/aromatic N) is 6. The molecule has 0 fully saturated rings. The van der Waals surface area contributed by atoms with Gasteiger partial charge >= 0.3 is 0 Å². The first kappa shape index (κ1) is 45.4. The van der Waals surface area contributed by atoms with Gasteiger partial charge in [-0.05, 0) is 103 Å². The Morgan fingerprint density at radius 1 is 0.143 bits per heavy atom. The lowest BCUT2D eigenvalue weighted by molar-refractivity contribution is 1.09. The fourth-order valence-corrected chi connectivity index (χ4v) is 14.8. The van der Waals surface area contributed by atoms with E-state index in [2.05, 4.69) is 319 Å². The highest BCUT2D eigenvalue weighted by atomic mass is 15.1. The van der Waals surface area contributed by atoms with Crippen molar-refractivity contribution in [2.45, 2.75) is 0 Å². The second-order valence-electron chi connectivity index (χ2n) is 22.4. The molecule has 0 radical (unpaired) electrons. The predicted molar refractivity (Wildman–Crippen MR) is 352 cm³/mol. The summed E-state index contributed by atoms with van der Waals surface area (Å²) in [6.07, 6.45) is 0. The summed E-state index contributed by atoms with van der Waals surface area (Å²) in [5.41, 5.74) is 20.5. The maximum Gasteiger partial charge on any atom is 0.0788 e. The summed E-state index contributed by atoms with van der Waals surface area (Å²) in [7, 11) is 0. The molecular weight excluding hydrogens is 1020 g/mol. The number of hydrogen-bond donors (Lipinski definition) is 0. The van der Waals surface area contributed by atoms with Crippen LogP contribution in [-0.4, -0.2) is 27.4 Å². The van der Waals surface area contributed by atoms with Crippen molar-refractivity contribution in [3.8, 4) is 34.1 Å². The van der Waals surface area contributed by atoms with Crippen molar-refractivity contribution in [2.24, 2.45) is 0 Å². The van der Waals surface area contributed by atoms with E-state index in [1.165, 1.54) is 97.7 Å². The first-order chi connectivity index (χ1) is 41.7. The van der Waals surface area contributed by atoms with Crippen molar-refractivity contribution in [1.82, 2.24) is 27.4 Å². The normalized spacial score (nSPS) is 12.3. The Morgan fingerprint density at radius 3 is 0.726 bits per heavy atom. The molecule has 0 bridgehead atoms. The zero-order valence-electron chi connectivity index (χ0n) is 45.4. The van der Waals surface area contributed by atoms with Gasteiger partial charge in [0, 0.05) is 81.7 Å². The second-order valence-corrected chi connectivity index (χ2v) is 22.4. The molecule has 6 heteroatoms. The van der Waals surface area contributed by atoms with Crippen LogP contribution in [0.1, 0.15) is 0 Å². The van der Waals surface area contributed by atoms with Crippen molar-refractivity contribution >= 4 is 131 Å². The van der Waals surface area contributed by atoms with Crippen LogP contribution in [0.5, 0.6) is 0 Å². The van der Waals surface area contributed by atoms with E-state index in [-0.39, 0.29) is 0 Å². The first-order valence-corrected chi connectivity index (χ1v) is 28.9. The highest BCUT2D eigenvalue weighted by Gasteiger charge is 2.27. The highest BCUT2D eigenvalue weighted by molar-refractivity contribution is 6.29. The SMILES string of the molecule is c1ccc(-n2c3ccccc3c3ccc4c(c5ccccc5n4-c4cc(-n5c6ccccc6c6c5ccc5c7ccccc7n(-c7ccccc7)c56)cc(-n5c6ccccc6c6ccc7c8ccccc8n(-c8ccccc8)c7c65)c4)c32)cc1. The molecule has 0 amide bonds. The molecule has 0 unspecified atom stereocenters. The fraction of sp³-hybridized carbons (Fsp3) is 0. The van der Waals surface area contributed by atoms with E-state index in [0.29, 0.717) is 0 Å². The van der Waals surface area contributed by atoms with Gasteiger partial charge in [-0.25, -0.2) is 0 Å². The largest absolute Gasteiger partial charge is 0.309 e. The molecule has 0 N–H and O–H groups in total. The van der Waals surface area contributed by atoms with Gasteiger partial charge in [-0.3, -0.25) is 0 Å². The molecule has 0 aliphatic rings. The second kappa shape index (κ2) is 17.1. The number of fused-ring (bicyclic) bond motifs is 21. The first-order valence-electron chi connectivity index (χ1n) is 28.9. The summed E-state index contributed by atoms with van der Waals surface area (Å²) in [6.45, 7) is 0. The van der Waals surface area contributed by atoms with E-state index < -0.39 is 0 Å². The summed E-state index contributed by atoms with van der Waals surface area (Å²) in [6, 6.07) is 108. The lowest BCUT2D eigenvalue weighted by atomic mass is 10.1. The molecule has 6 aromatic heterocycles. The van der Waals surface area contributed by atoms with Crippen LogP contribution in [-0.2, 0) is 0 Å². The third-order valence-corrected chi connectivity index (χ3v) is 18.1. The molecule has 19 aromatic rings. The molecule has 6 heterocycles. The fourth-order valence-electron chi connectivity index (χ4n) is 14.8. The van der Waals surface area contributed by atoms with E-state index in [0.717, 1.165) is 67.2 Å². The third kappa shape index (κ3) is 6.07. The van der Waals surface area contributed by atoms with Crippen molar-refractivity contribution < 1.29 is 0 Å². The minimum Gasteiger partial charge on any atom is -0.309 e. The number of aromatic nitrogens is 6. The van der Waals surface area contributed by atoms with Gasteiger partial charge in [-0.2, -0.15) is 0 Å². The van der Waals surface area contributed by atoms with Crippen molar-refractivity contribution in [3.63, 3.8) is 0 Å². The zero-order chi connectivity index (χ0) is 54.7. The number of benzene rings is 13. The predicted octanol–water partition coefficient (Wildman–Crippen LogP) is 20.3. The standard InChI is InChI=1S/C78H48N6/c1-4-22-49(23-5-1)81-65-34-16-10-28-55(65)59-42-44-71-73(75(59)81)63-32-14-20-38-69(63)79(71)52-46-53(80-70-39-21-15-33-64(70)74-72(80)45-43-60-56-29-11-17-35-66(56)82(76(60)74)50-24-6-2-7-25-50)48-54(47-52)84-68-37-19-13-31-58(68)62-41-40-61-57-30-12-18-36-67(57)83(77(61)78(62)84)51-26-8-3-9-27-51/h1-48H. The molecule has 0 aliphatic heterocycles. The van der Waals surface area contributed by atoms with Crippen molar-refractivity contribution in [3.05, 3.63) is 291 Å². The summed E-state index contributed by atoms with van der Waals surface area (Å²) in [5, 5.41) is 14.6. The van der Waals surface area contributed by atoms with Crippen LogP contribution < -0.4 is 0 Å². The monoisotopic (exact) mass is 1070 g/mol. The van der Waals surface area contributed by atoms with E-state index in [1.807, 2.05) is 0 Å². The maximum atomic E-state index is 2.57. The Balaban J connectivity index is 0.997. The molecule has 0 atom stereocenters. The van der Waals surface area contributed by atoms with Gasteiger partial charge in [0.15, 0.2) is 0 Å². The highest BCUT2D eigenvalue weighted by Crippen LogP contribution is 2.47. The summed E-state index contributed by atoms with van der Waals surface area (Å²) in [5.74, 6) is 0. The van der Waals surface area contributed by atoms with E-state index >= 15 is 0 Å². The van der Waals surface area contributed by atoms with Gasteiger partial charge in [-0.15, -0.1) is 0 Å². The van der Waals surface area contributed by atoms with Crippen molar-refractivity contribution in [1.29, 1.82) is 0 Å². The van der Waals surface area contributed by atoms with Crippen LogP contribution >= 0.6 is 0 Å². The Morgan fingerprint density at radius 2 is 0.381 bits per heavy atom. The lowest BCUT2D eigenvalue weighted by Gasteiger charge is -2.18. The van der Waals surface area contributed by atoms with E-state index in [1.54, 1.807) is 0 Å². The van der Waals surface area contributed by atoms with Crippen molar-refractivity contribution in [2.75, 3.05) is 0 Å². The Kier molecular flexibility index (Phi) is 9.24. The quantitative estimate of drug-likeness (QED) is 0.159. The Bertz CT molecular complexity index is 5710. The van der Waals surface area contributed by atoms with Gasteiger partial charge in [0.2, 0.25) is 0 Å². The van der Waals surface area contributed by atoms with Gasteiger partial charge < -0.3 is 27.4 Å². The number of para-hydroxylation sites is 9. The Labute approximate surface area is 480 Å². The lowest BCUT2D eigenvalue weighted by Crippen LogP contribution is -2.04. The minimum absolute atomic E-state index is 1.06. The molecule has 6 nitrogen and oxygen atoms in total. The molecule has 0 aliphatic carbocycles. The molecular formula is C78H48N6. The van der Waals surface area contributed by atoms with Crippen LogP contribution in [0.25, 0.3) is 165 Å². The molecule has 0 saturated carbocycles. The Hall–Kier alpha value is -11.3. The summed E-state index contributed by atoms with van der Waals surface area (Å²) >= 11 is 0. The van der Waals surface area contributed by atoms with Gasteiger partial charge in [0.05, 0.1) is 83.3 Å². The molecule has 13 aromatic carbocycles. The average Bonchev–Trinajstić information content (AvgIpc) is 1.79. The van der Waals surface area contributed by atoms with E-state index in [4.69, 9.17) is 0 Å². The van der Waals surface area contributed by atoms with Crippen LogP contribution in [0.4, 0.5) is 0 Å². The molecule has 0 saturated heterocycles. The molecule has 19 rings (SSSR count). The smallest absolute Gasteiger partial charge is 0.0788 e. The maximum absolute atomic E-state index is 2.57. The summed E-state index contributed by atoms with van der Waals surface area (Å²) < 4.78 is 15.1. The van der Waals surface area contributed by atoms with Gasteiger partial charge in [0.1, 0.15) is 0 Å². The van der Waals surface area contributed by atoms with Crippen LogP contribution in [0.2, 0.25) is 0 Å².